The molecule has 2 aliphatic heterocycles. The number of amides is 1. The Kier molecular flexibility index (Phi) is 4.49. The van der Waals surface area contributed by atoms with E-state index < -0.39 is 28.1 Å². The maximum atomic E-state index is 12.9. The number of hydrogen-bond acceptors (Lipinski definition) is 4. The van der Waals surface area contributed by atoms with Crippen LogP contribution in [0.25, 0.3) is 0 Å². The molecule has 0 unspecified atom stereocenters. The van der Waals surface area contributed by atoms with Gasteiger partial charge in [-0.15, -0.1) is 13.2 Å². The van der Waals surface area contributed by atoms with Crippen LogP contribution in [0.15, 0.2) is 41.3 Å². The number of anilines is 2. The summed E-state index contributed by atoms with van der Waals surface area (Å²) in [5.74, 6) is -0.908. The number of carbonyl (C=O) groups excluding carboxylic acids is 1. The maximum absolute atomic E-state index is 12.9. The van der Waals surface area contributed by atoms with Crippen LogP contribution in [0.3, 0.4) is 0 Å². The number of hydrogen-bond donors (Lipinski definition) is 1. The number of rotatable bonds is 4. The van der Waals surface area contributed by atoms with E-state index in [9.17, 15) is 26.4 Å². The highest BCUT2D eigenvalue weighted by atomic mass is 32.2. The molecule has 154 valence electrons. The van der Waals surface area contributed by atoms with Gasteiger partial charge in [0.2, 0.25) is 5.91 Å². The van der Waals surface area contributed by atoms with Crippen LogP contribution in [0.1, 0.15) is 30.4 Å². The number of alkyl halides is 3. The largest absolute Gasteiger partial charge is 0.573 e. The van der Waals surface area contributed by atoms with Gasteiger partial charge in [0.05, 0.1) is 16.5 Å². The first-order chi connectivity index (χ1) is 13.5. The van der Waals surface area contributed by atoms with Gasteiger partial charge in [-0.25, -0.2) is 8.42 Å². The minimum atomic E-state index is -4.82. The lowest BCUT2D eigenvalue weighted by atomic mass is 9.97. The van der Waals surface area contributed by atoms with E-state index in [4.69, 9.17) is 0 Å². The van der Waals surface area contributed by atoms with Crippen LogP contribution < -0.4 is 14.4 Å². The average Bonchev–Trinajstić information content (AvgIpc) is 2.89. The predicted octanol–water partition coefficient (Wildman–Crippen LogP) is 3.78. The smallest absolute Gasteiger partial charge is 0.406 e. The first-order valence-corrected chi connectivity index (χ1v) is 10.4. The van der Waals surface area contributed by atoms with Crippen molar-refractivity contribution in [3.63, 3.8) is 0 Å². The second-order valence-corrected chi connectivity index (χ2v) is 8.70. The quantitative estimate of drug-likeness (QED) is 0.807. The number of ether oxygens (including phenoxy) is 1. The molecule has 2 heterocycles. The summed E-state index contributed by atoms with van der Waals surface area (Å²) < 4.78 is 68.6. The van der Waals surface area contributed by atoms with Gasteiger partial charge in [0.1, 0.15) is 5.75 Å². The Morgan fingerprint density at radius 1 is 1.17 bits per heavy atom. The van der Waals surface area contributed by atoms with E-state index in [0.29, 0.717) is 18.5 Å². The molecule has 0 fully saturated rings. The van der Waals surface area contributed by atoms with E-state index in [1.807, 2.05) is 0 Å². The van der Waals surface area contributed by atoms with Crippen LogP contribution in [0.2, 0.25) is 0 Å². The molecule has 1 amide bonds. The van der Waals surface area contributed by atoms with Crippen molar-refractivity contribution in [2.24, 2.45) is 0 Å². The molecule has 1 atom stereocenters. The summed E-state index contributed by atoms with van der Waals surface area (Å²) in [6, 6.07) is 7.47. The second-order valence-electron chi connectivity index (χ2n) is 7.01. The number of nitrogens with one attached hydrogen (secondary N) is 1. The lowest BCUT2D eigenvalue weighted by molar-refractivity contribution is -0.274. The zero-order valence-corrected chi connectivity index (χ0v) is 16.1. The van der Waals surface area contributed by atoms with Gasteiger partial charge in [0.25, 0.3) is 10.0 Å². The van der Waals surface area contributed by atoms with Crippen molar-refractivity contribution in [3.8, 4) is 5.75 Å². The third kappa shape index (κ3) is 3.64. The normalized spacial score (nSPS) is 18.6. The van der Waals surface area contributed by atoms with Crippen LogP contribution in [0, 0.1) is 0 Å². The second kappa shape index (κ2) is 6.65. The summed E-state index contributed by atoms with van der Waals surface area (Å²) in [7, 11) is -3.99. The highest BCUT2D eigenvalue weighted by Crippen LogP contribution is 2.44. The Morgan fingerprint density at radius 3 is 2.52 bits per heavy atom. The molecule has 2 aromatic carbocycles. The molecule has 0 radical (unpaired) electrons. The van der Waals surface area contributed by atoms with Crippen molar-refractivity contribution in [1.29, 1.82) is 0 Å². The SMILES string of the molecule is C[C@H]1C(=O)N2CCCc3cc(S(=O)(=O)Nc4ccc(OC(F)(F)F)cc4)cc1c32. The molecule has 1 N–H and O–H groups in total. The molecule has 0 saturated heterocycles. The third-order valence-electron chi connectivity index (χ3n) is 5.04. The van der Waals surface area contributed by atoms with E-state index in [-0.39, 0.29) is 16.5 Å². The van der Waals surface area contributed by atoms with Crippen molar-refractivity contribution in [3.05, 3.63) is 47.5 Å². The minimum absolute atomic E-state index is 0.0188. The van der Waals surface area contributed by atoms with Crippen LogP contribution in [-0.2, 0) is 21.2 Å². The van der Waals surface area contributed by atoms with Gasteiger partial charge in [-0.05, 0) is 67.3 Å². The Hall–Kier alpha value is -2.75. The first-order valence-electron chi connectivity index (χ1n) is 8.92. The number of carbonyl (C=O) groups is 1. The van der Waals surface area contributed by atoms with Crippen molar-refractivity contribution in [2.45, 2.75) is 36.9 Å². The summed E-state index contributed by atoms with van der Waals surface area (Å²) in [4.78, 5) is 14.2. The molecular weight excluding hydrogens is 409 g/mol. The molecule has 29 heavy (non-hydrogen) atoms. The third-order valence-corrected chi connectivity index (χ3v) is 6.40. The number of benzene rings is 2. The van der Waals surface area contributed by atoms with Crippen molar-refractivity contribution in [1.82, 2.24) is 0 Å². The standard InChI is InChI=1S/C19H17F3N2O4S/c1-11-16-10-15(9-12-3-2-8-24(17(12)16)18(11)25)29(26,27)23-13-4-6-14(7-5-13)28-19(20,21)22/h4-7,9-11,23H,2-3,8H2,1H3/t11-/m1/s1. The molecule has 4 rings (SSSR count). The number of halogens is 3. The zero-order chi connectivity index (χ0) is 21.0. The molecule has 0 saturated carbocycles. The lowest BCUT2D eigenvalue weighted by Crippen LogP contribution is -2.32. The number of nitrogens with zero attached hydrogens (tertiary/aromatic N) is 1. The fraction of sp³-hybridized carbons (Fsp3) is 0.316. The van der Waals surface area contributed by atoms with Crippen molar-refractivity contribution in [2.75, 3.05) is 16.2 Å². The Bertz CT molecular complexity index is 1080. The molecule has 2 aromatic rings. The highest BCUT2D eigenvalue weighted by molar-refractivity contribution is 7.92. The van der Waals surface area contributed by atoms with Gasteiger partial charge < -0.3 is 9.64 Å². The van der Waals surface area contributed by atoms with Gasteiger partial charge in [-0.1, -0.05) is 0 Å². The molecule has 0 bridgehead atoms. The van der Waals surface area contributed by atoms with E-state index >= 15 is 0 Å². The van der Waals surface area contributed by atoms with Crippen LogP contribution in [0.4, 0.5) is 24.5 Å². The Labute approximate surface area is 165 Å². The van der Waals surface area contributed by atoms with E-state index in [1.54, 1.807) is 17.9 Å². The number of sulfonamides is 1. The predicted molar refractivity (Wildman–Crippen MR) is 99.5 cm³/mol. The van der Waals surface area contributed by atoms with Gasteiger partial charge in [-0.2, -0.15) is 0 Å². The van der Waals surface area contributed by atoms with Gasteiger partial charge in [0, 0.05) is 12.2 Å². The molecule has 0 aromatic heterocycles. The van der Waals surface area contributed by atoms with Crippen LogP contribution >= 0.6 is 0 Å². The fourth-order valence-electron chi connectivity index (χ4n) is 3.76. The monoisotopic (exact) mass is 426 g/mol. The van der Waals surface area contributed by atoms with E-state index in [0.717, 1.165) is 29.8 Å². The van der Waals surface area contributed by atoms with Crippen LogP contribution in [-0.4, -0.2) is 27.2 Å². The van der Waals surface area contributed by atoms with E-state index in [2.05, 4.69) is 9.46 Å². The van der Waals surface area contributed by atoms with Gasteiger partial charge in [0.15, 0.2) is 0 Å². The van der Waals surface area contributed by atoms with Gasteiger partial charge in [-0.3, -0.25) is 9.52 Å². The summed E-state index contributed by atoms with van der Waals surface area (Å²) >= 11 is 0. The molecule has 6 nitrogen and oxygen atoms in total. The van der Waals surface area contributed by atoms with Gasteiger partial charge >= 0.3 is 6.36 Å². The summed E-state index contributed by atoms with van der Waals surface area (Å²) in [5.41, 5.74) is 2.39. The van der Waals surface area contributed by atoms with Crippen molar-refractivity contribution < 1.29 is 31.1 Å². The minimum Gasteiger partial charge on any atom is -0.406 e. The highest BCUT2D eigenvalue weighted by Gasteiger charge is 2.39. The topological polar surface area (TPSA) is 75.7 Å². The van der Waals surface area contributed by atoms with Crippen LogP contribution in [0.5, 0.6) is 5.75 Å². The summed E-state index contributed by atoms with van der Waals surface area (Å²) in [5, 5.41) is 0. The molecule has 0 aliphatic carbocycles. The summed E-state index contributed by atoms with van der Waals surface area (Å²) in [6.07, 6.45) is -3.40. The summed E-state index contributed by atoms with van der Waals surface area (Å²) in [6.45, 7) is 2.37. The molecular formula is C19H17F3N2O4S. The average molecular weight is 426 g/mol. The van der Waals surface area contributed by atoms with E-state index in [1.165, 1.54) is 18.2 Å². The molecule has 0 spiro atoms. The zero-order valence-electron chi connectivity index (χ0n) is 15.3. The number of aryl methyl sites for hydroxylation is 1. The maximum Gasteiger partial charge on any atom is 0.573 e. The lowest BCUT2D eigenvalue weighted by Gasteiger charge is -2.26. The molecule has 10 heteroatoms. The Morgan fingerprint density at radius 2 is 1.86 bits per heavy atom. The first kappa shape index (κ1) is 19.6. The van der Waals surface area contributed by atoms with Crippen molar-refractivity contribution >= 4 is 27.3 Å². The Balaban J connectivity index is 1.63. The molecule has 2 aliphatic rings. The fourth-order valence-corrected chi connectivity index (χ4v) is 4.90.